The quantitative estimate of drug-likeness (QED) is 0.902. The van der Waals surface area contributed by atoms with E-state index in [0.29, 0.717) is 18.5 Å². The second kappa shape index (κ2) is 6.06. The predicted octanol–water partition coefficient (Wildman–Crippen LogP) is 2.65. The Bertz CT molecular complexity index is 525. The number of fused-ring (bicyclic) bond motifs is 1. The van der Waals surface area contributed by atoms with Crippen molar-refractivity contribution in [1.82, 2.24) is 5.32 Å². The Morgan fingerprint density at radius 1 is 1.21 bits per heavy atom. The minimum absolute atomic E-state index is 0.229. The van der Waals surface area contributed by atoms with Crippen LogP contribution in [0.2, 0.25) is 0 Å². The van der Waals surface area contributed by atoms with Gasteiger partial charge in [-0.1, -0.05) is 38.1 Å². The van der Waals surface area contributed by atoms with Crippen LogP contribution in [0.15, 0.2) is 24.3 Å². The third-order valence-electron chi connectivity index (χ3n) is 4.03. The number of nitrogens with one attached hydrogen (secondary N) is 1. The minimum Gasteiger partial charge on any atom is -0.309 e. The maximum Gasteiger partial charge on any atom is 0.151 e. The number of sulfone groups is 1. The van der Waals surface area contributed by atoms with Gasteiger partial charge in [0.15, 0.2) is 9.84 Å². The molecule has 0 heterocycles. The monoisotopic (exact) mass is 281 g/mol. The molecule has 2 rings (SSSR count). The van der Waals surface area contributed by atoms with E-state index in [1.807, 2.05) is 0 Å². The summed E-state index contributed by atoms with van der Waals surface area (Å²) in [6.45, 7) is 4.51. The molecule has 2 unspecified atom stereocenters. The van der Waals surface area contributed by atoms with Crippen molar-refractivity contribution in [2.24, 2.45) is 0 Å². The first kappa shape index (κ1) is 14.5. The number of rotatable bonds is 5. The fourth-order valence-corrected chi connectivity index (χ4v) is 3.47. The molecule has 0 aliphatic heterocycles. The molecule has 0 saturated carbocycles. The van der Waals surface area contributed by atoms with Crippen LogP contribution in [0.1, 0.15) is 49.8 Å². The molecule has 3 nitrogen and oxygen atoms in total. The van der Waals surface area contributed by atoms with Crippen LogP contribution in [0.25, 0.3) is 0 Å². The predicted molar refractivity (Wildman–Crippen MR) is 79.2 cm³/mol. The van der Waals surface area contributed by atoms with Crippen molar-refractivity contribution in [3.63, 3.8) is 0 Å². The molecule has 1 aliphatic carbocycles. The van der Waals surface area contributed by atoms with Crippen LogP contribution < -0.4 is 5.32 Å². The summed E-state index contributed by atoms with van der Waals surface area (Å²) in [7, 11) is -2.87. The van der Waals surface area contributed by atoms with Gasteiger partial charge in [-0.2, -0.15) is 0 Å². The highest BCUT2D eigenvalue weighted by Crippen LogP contribution is 2.36. The van der Waals surface area contributed by atoms with Gasteiger partial charge in [0.2, 0.25) is 0 Å². The van der Waals surface area contributed by atoms with Gasteiger partial charge in [0.05, 0.1) is 5.75 Å². The summed E-state index contributed by atoms with van der Waals surface area (Å²) in [5.74, 6) is 1.07. The van der Waals surface area contributed by atoms with Crippen molar-refractivity contribution in [2.45, 2.75) is 38.6 Å². The summed E-state index contributed by atoms with van der Waals surface area (Å²) < 4.78 is 23.0. The second-order valence-electron chi connectivity index (χ2n) is 5.35. The lowest BCUT2D eigenvalue weighted by molar-refractivity contribution is 0.441. The SMILES string of the molecule is CCS(=O)(=O)CCNC1CCC(C)c2ccccc21. The zero-order chi connectivity index (χ0) is 13.9. The van der Waals surface area contributed by atoms with Crippen LogP contribution in [0, 0.1) is 0 Å². The Balaban J connectivity index is 2.01. The van der Waals surface area contributed by atoms with Crippen molar-refractivity contribution in [3.8, 4) is 0 Å². The Labute approximate surface area is 116 Å². The van der Waals surface area contributed by atoms with Crippen LogP contribution in [0.3, 0.4) is 0 Å². The van der Waals surface area contributed by atoms with Crippen LogP contribution in [0.4, 0.5) is 0 Å². The smallest absolute Gasteiger partial charge is 0.151 e. The van der Waals surface area contributed by atoms with Gasteiger partial charge in [-0.25, -0.2) is 8.42 Å². The molecule has 0 amide bonds. The van der Waals surface area contributed by atoms with Gasteiger partial charge in [-0.15, -0.1) is 0 Å². The molecule has 0 radical (unpaired) electrons. The van der Waals surface area contributed by atoms with Crippen molar-refractivity contribution in [2.75, 3.05) is 18.1 Å². The van der Waals surface area contributed by atoms with E-state index in [4.69, 9.17) is 0 Å². The van der Waals surface area contributed by atoms with E-state index in [9.17, 15) is 8.42 Å². The fraction of sp³-hybridized carbons (Fsp3) is 0.600. The van der Waals surface area contributed by atoms with E-state index < -0.39 is 9.84 Å². The third kappa shape index (κ3) is 3.57. The minimum atomic E-state index is -2.87. The molecule has 2 atom stereocenters. The summed E-state index contributed by atoms with van der Waals surface area (Å²) in [5.41, 5.74) is 2.75. The zero-order valence-electron chi connectivity index (χ0n) is 11.7. The van der Waals surface area contributed by atoms with Gasteiger partial charge in [-0.05, 0) is 29.9 Å². The first-order valence-corrected chi connectivity index (χ1v) is 8.88. The van der Waals surface area contributed by atoms with Gasteiger partial charge in [0.25, 0.3) is 0 Å². The summed E-state index contributed by atoms with van der Waals surface area (Å²) in [4.78, 5) is 0. The number of hydrogen-bond donors (Lipinski definition) is 1. The first-order valence-electron chi connectivity index (χ1n) is 7.06. The lowest BCUT2D eigenvalue weighted by Crippen LogP contribution is -2.30. The van der Waals surface area contributed by atoms with Crippen LogP contribution in [0.5, 0.6) is 0 Å². The Morgan fingerprint density at radius 3 is 2.58 bits per heavy atom. The van der Waals surface area contributed by atoms with E-state index in [-0.39, 0.29) is 11.5 Å². The van der Waals surface area contributed by atoms with Gasteiger partial charge < -0.3 is 5.32 Å². The third-order valence-corrected chi connectivity index (χ3v) is 5.74. The molecule has 0 saturated heterocycles. The van der Waals surface area contributed by atoms with E-state index in [0.717, 1.165) is 12.8 Å². The zero-order valence-corrected chi connectivity index (χ0v) is 12.5. The standard InChI is InChI=1S/C15H23NO2S/c1-3-19(17,18)11-10-16-15-9-8-12(2)13-6-4-5-7-14(13)15/h4-7,12,15-16H,3,8-11H2,1-2H3. The molecule has 4 heteroatoms. The van der Waals surface area contributed by atoms with Crippen LogP contribution in [-0.4, -0.2) is 26.5 Å². The average Bonchev–Trinajstić information content (AvgIpc) is 2.42. The maximum absolute atomic E-state index is 11.5. The molecule has 1 N–H and O–H groups in total. The Morgan fingerprint density at radius 2 is 1.89 bits per heavy atom. The Hall–Kier alpha value is -0.870. The van der Waals surface area contributed by atoms with Crippen molar-refractivity contribution < 1.29 is 8.42 Å². The van der Waals surface area contributed by atoms with E-state index in [1.54, 1.807) is 6.92 Å². The highest BCUT2D eigenvalue weighted by Gasteiger charge is 2.24. The topological polar surface area (TPSA) is 46.2 Å². The molecular weight excluding hydrogens is 258 g/mol. The lowest BCUT2D eigenvalue weighted by atomic mass is 9.81. The van der Waals surface area contributed by atoms with Gasteiger partial charge in [0.1, 0.15) is 0 Å². The molecule has 19 heavy (non-hydrogen) atoms. The first-order chi connectivity index (χ1) is 9.03. The van der Waals surface area contributed by atoms with Crippen molar-refractivity contribution in [1.29, 1.82) is 0 Å². The van der Waals surface area contributed by atoms with Crippen molar-refractivity contribution >= 4 is 9.84 Å². The van der Waals surface area contributed by atoms with Gasteiger partial charge >= 0.3 is 0 Å². The second-order valence-corrected chi connectivity index (χ2v) is 7.82. The molecular formula is C15H23NO2S. The summed E-state index contributed by atoms with van der Waals surface area (Å²) in [6.07, 6.45) is 2.25. The molecule has 0 bridgehead atoms. The van der Waals surface area contributed by atoms with Crippen molar-refractivity contribution in [3.05, 3.63) is 35.4 Å². The van der Waals surface area contributed by atoms with Gasteiger partial charge in [-0.3, -0.25) is 0 Å². The van der Waals surface area contributed by atoms with E-state index in [1.165, 1.54) is 11.1 Å². The summed E-state index contributed by atoms with van der Waals surface area (Å²) in [5, 5.41) is 3.41. The number of benzene rings is 1. The molecule has 0 fully saturated rings. The largest absolute Gasteiger partial charge is 0.309 e. The molecule has 106 valence electrons. The summed E-state index contributed by atoms with van der Waals surface area (Å²) >= 11 is 0. The van der Waals surface area contributed by atoms with Crippen LogP contribution >= 0.6 is 0 Å². The molecule has 1 aromatic carbocycles. The average molecular weight is 281 g/mol. The lowest BCUT2D eigenvalue weighted by Gasteiger charge is -2.30. The van der Waals surface area contributed by atoms with Crippen LogP contribution in [-0.2, 0) is 9.84 Å². The highest BCUT2D eigenvalue weighted by atomic mass is 32.2. The Kier molecular flexibility index (Phi) is 4.63. The van der Waals surface area contributed by atoms with E-state index >= 15 is 0 Å². The molecule has 1 aromatic rings. The van der Waals surface area contributed by atoms with E-state index in [2.05, 4.69) is 36.5 Å². The highest BCUT2D eigenvalue weighted by molar-refractivity contribution is 7.91. The van der Waals surface area contributed by atoms with Gasteiger partial charge in [0, 0.05) is 18.3 Å². The maximum atomic E-state index is 11.5. The number of hydrogen-bond acceptors (Lipinski definition) is 3. The molecule has 1 aliphatic rings. The molecule has 0 aromatic heterocycles. The molecule has 0 spiro atoms. The fourth-order valence-electron chi connectivity index (χ4n) is 2.75. The normalized spacial score (nSPS) is 23.1. The summed E-state index contributed by atoms with van der Waals surface area (Å²) in [6, 6.07) is 8.81.